The van der Waals surface area contributed by atoms with Crippen molar-refractivity contribution in [2.45, 2.75) is 44.9 Å². The van der Waals surface area contributed by atoms with Crippen molar-refractivity contribution in [3.63, 3.8) is 0 Å². The van der Waals surface area contributed by atoms with Gasteiger partial charge in [-0.3, -0.25) is 4.79 Å². The van der Waals surface area contributed by atoms with Crippen molar-refractivity contribution in [3.05, 3.63) is 29.8 Å². The molecule has 0 aliphatic heterocycles. The third-order valence-corrected chi connectivity index (χ3v) is 4.33. The molecule has 124 valence electrons. The van der Waals surface area contributed by atoms with Gasteiger partial charge in [-0.05, 0) is 30.0 Å². The second-order valence-electron chi connectivity index (χ2n) is 5.64. The first-order valence-corrected chi connectivity index (χ1v) is 9.05. The highest BCUT2D eigenvalue weighted by molar-refractivity contribution is 7.90. The number of ether oxygens (including phenoxy) is 1. The van der Waals surface area contributed by atoms with E-state index in [1.807, 2.05) is 13.8 Å². The third kappa shape index (κ3) is 6.58. The summed E-state index contributed by atoms with van der Waals surface area (Å²) in [4.78, 5) is 11.8. The van der Waals surface area contributed by atoms with E-state index in [-0.39, 0.29) is 17.9 Å². The number of nitrogens with one attached hydrogen (secondary N) is 1. The Balaban J connectivity index is 2.53. The summed E-state index contributed by atoms with van der Waals surface area (Å²) in [6.07, 6.45) is 1.93. The van der Waals surface area contributed by atoms with Gasteiger partial charge in [0.15, 0.2) is 0 Å². The number of sulfonamides is 1. The molecule has 0 saturated carbocycles. The normalized spacial score (nSPS) is 11.6. The standard InChI is InChI=1S/C16H25NO4S/c1-4-5-14-6-8-15(9-7-14)22(19,20)17-16(18)10-11-21-12-13(2)3/h6-9,13H,4-5,10-12H2,1-3H3,(H,17,18). The Morgan fingerprint density at radius 3 is 2.41 bits per heavy atom. The number of hydrogen-bond donors (Lipinski definition) is 1. The summed E-state index contributed by atoms with van der Waals surface area (Å²) in [5.74, 6) is -0.171. The van der Waals surface area contributed by atoms with Crippen molar-refractivity contribution in [1.29, 1.82) is 0 Å². The molecule has 6 heteroatoms. The SMILES string of the molecule is CCCc1ccc(S(=O)(=O)NC(=O)CCOCC(C)C)cc1. The third-order valence-electron chi connectivity index (χ3n) is 2.95. The zero-order valence-corrected chi connectivity index (χ0v) is 14.3. The quantitative estimate of drug-likeness (QED) is 0.707. The van der Waals surface area contributed by atoms with Gasteiger partial charge in [-0.1, -0.05) is 39.3 Å². The van der Waals surface area contributed by atoms with Gasteiger partial charge in [-0.2, -0.15) is 0 Å². The molecular formula is C16H25NO4S. The Bertz CT molecular complexity index is 564. The summed E-state index contributed by atoms with van der Waals surface area (Å²) in [5.41, 5.74) is 1.08. The lowest BCUT2D eigenvalue weighted by Crippen LogP contribution is -2.31. The molecule has 0 spiro atoms. The molecule has 1 aromatic carbocycles. The number of amides is 1. The smallest absolute Gasteiger partial charge is 0.264 e. The molecule has 0 saturated heterocycles. The fourth-order valence-electron chi connectivity index (χ4n) is 1.87. The van der Waals surface area contributed by atoms with Crippen molar-refractivity contribution in [1.82, 2.24) is 4.72 Å². The maximum atomic E-state index is 12.1. The van der Waals surface area contributed by atoms with Crippen molar-refractivity contribution < 1.29 is 17.9 Å². The average Bonchev–Trinajstić information content (AvgIpc) is 2.44. The number of carbonyl (C=O) groups excluding carboxylic acids is 1. The van der Waals surface area contributed by atoms with Gasteiger partial charge in [0.25, 0.3) is 10.0 Å². The van der Waals surface area contributed by atoms with Gasteiger partial charge in [0, 0.05) is 6.61 Å². The molecular weight excluding hydrogens is 302 g/mol. The molecule has 1 amide bonds. The zero-order chi connectivity index (χ0) is 16.6. The fourth-order valence-corrected chi connectivity index (χ4v) is 2.88. The van der Waals surface area contributed by atoms with Crippen LogP contribution in [0, 0.1) is 5.92 Å². The Morgan fingerprint density at radius 2 is 1.86 bits per heavy atom. The molecule has 5 nitrogen and oxygen atoms in total. The van der Waals surface area contributed by atoms with E-state index in [9.17, 15) is 13.2 Å². The first-order chi connectivity index (χ1) is 10.3. The summed E-state index contributed by atoms with van der Waals surface area (Å²) in [6.45, 7) is 6.85. The minimum absolute atomic E-state index is 0.0276. The molecule has 0 aliphatic carbocycles. The molecule has 0 atom stereocenters. The minimum Gasteiger partial charge on any atom is -0.381 e. The van der Waals surface area contributed by atoms with Crippen molar-refractivity contribution in [2.75, 3.05) is 13.2 Å². The zero-order valence-electron chi connectivity index (χ0n) is 13.5. The molecule has 0 fully saturated rings. The number of benzene rings is 1. The van der Waals surface area contributed by atoms with Crippen molar-refractivity contribution >= 4 is 15.9 Å². The Kier molecular flexibility index (Phi) is 7.55. The molecule has 22 heavy (non-hydrogen) atoms. The van der Waals surface area contributed by atoms with Crippen LogP contribution in [0.1, 0.15) is 39.2 Å². The molecule has 0 radical (unpaired) electrons. The van der Waals surface area contributed by atoms with E-state index in [0.29, 0.717) is 12.5 Å². The molecule has 0 bridgehead atoms. The van der Waals surface area contributed by atoms with E-state index in [4.69, 9.17) is 4.74 Å². The van der Waals surface area contributed by atoms with E-state index in [2.05, 4.69) is 11.6 Å². The van der Waals surface area contributed by atoms with Crippen LogP contribution in [-0.2, 0) is 26.0 Å². The van der Waals surface area contributed by atoms with E-state index in [0.717, 1.165) is 18.4 Å². The van der Waals surface area contributed by atoms with Crippen molar-refractivity contribution in [2.24, 2.45) is 5.92 Å². The average molecular weight is 327 g/mol. The lowest BCUT2D eigenvalue weighted by molar-refractivity contribution is -0.120. The van der Waals surface area contributed by atoms with E-state index >= 15 is 0 Å². The van der Waals surface area contributed by atoms with Crippen LogP contribution in [0.25, 0.3) is 0 Å². The molecule has 0 aromatic heterocycles. The topological polar surface area (TPSA) is 72.5 Å². The Morgan fingerprint density at radius 1 is 1.23 bits per heavy atom. The second kappa shape index (κ2) is 8.90. The first kappa shape index (κ1) is 18.6. The van der Waals surface area contributed by atoms with Crippen LogP contribution < -0.4 is 4.72 Å². The minimum atomic E-state index is -3.80. The predicted octanol–water partition coefficient (Wildman–Crippen LogP) is 2.51. The Labute approximate surface area is 133 Å². The summed E-state index contributed by atoms with van der Waals surface area (Å²) >= 11 is 0. The first-order valence-electron chi connectivity index (χ1n) is 7.57. The van der Waals surface area contributed by atoms with Crippen LogP contribution in [0.2, 0.25) is 0 Å². The van der Waals surface area contributed by atoms with Gasteiger partial charge in [0.2, 0.25) is 5.91 Å². The van der Waals surface area contributed by atoms with Crippen LogP contribution >= 0.6 is 0 Å². The number of rotatable bonds is 9. The lowest BCUT2D eigenvalue weighted by atomic mass is 10.1. The van der Waals surface area contributed by atoms with Gasteiger partial charge in [0.05, 0.1) is 17.9 Å². The highest BCUT2D eigenvalue weighted by atomic mass is 32.2. The van der Waals surface area contributed by atoms with Crippen LogP contribution in [0.15, 0.2) is 29.2 Å². The predicted molar refractivity (Wildman–Crippen MR) is 86.0 cm³/mol. The number of aryl methyl sites for hydroxylation is 1. The van der Waals surface area contributed by atoms with Gasteiger partial charge < -0.3 is 4.74 Å². The molecule has 0 unspecified atom stereocenters. The second-order valence-corrected chi connectivity index (χ2v) is 7.32. The molecule has 1 N–H and O–H groups in total. The lowest BCUT2D eigenvalue weighted by Gasteiger charge is -2.09. The fraction of sp³-hybridized carbons (Fsp3) is 0.562. The van der Waals surface area contributed by atoms with E-state index < -0.39 is 15.9 Å². The summed E-state index contributed by atoms with van der Waals surface area (Å²) in [6, 6.07) is 6.59. The molecule has 1 aromatic rings. The van der Waals surface area contributed by atoms with Crippen LogP contribution in [0.5, 0.6) is 0 Å². The van der Waals surface area contributed by atoms with Gasteiger partial charge in [0.1, 0.15) is 0 Å². The maximum Gasteiger partial charge on any atom is 0.264 e. The number of carbonyl (C=O) groups is 1. The molecule has 1 rings (SSSR count). The van der Waals surface area contributed by atoms with Gasteiger partial charge in [-0.25, -0.2) is 13.1 Å². The molecule has 0 heterocycles. The van der Waals surface area contributed by atoms with E-state index in [1.54, 1.807) is 12.1 Å². The number of hydrogen-bond acceptors (Lipinski definition) is 4. The highest BCUT2D eigenvalue weighted by Crippen LogP contribution is 2.12. The van der Waals surface area contributed by atoms with E-state index in [1.165, 1.54) is 12.1 Å². The van der Waals surface area contributed by atoms with Crippen LogP contribution in [0.4, 0.5) is 0 Å². The van der Waals surface area contributed by atoms with Gasteiger partial charge >= 0.3 is 0 Å². The molecule has 0 aliphatic rings. The largest absolute Gasteiger partial charge is 0.381 e. The van der Waals surface area contributed by atoms with Gasteiger partial charge in [-0.15, -0.1) is 0 Å². The summed E-state index contributed by atoms with van der Waals surface area (Å²) in [7, 11) is -3.80. The van der Waals surface area contributed by atoms with Crippen LogP contribution in [0.3, 0.4) is 0 Å². The highest BCUT2D eigenvalue weighted by Gasteiger charge is 2.17. The van der Waals surface area contributed by atoms with Crippen molar-refractivity contribution in [3.8, 4) is 0 Å². The maximum absolute atomic E-state index is 12.1. The monoisotopic (exact) mass is 327 g/mol. The van der Waals surface area contributed by atoms with Crippen LogP contribution in [-0.4, -0.2) is 27.5 Å². The Hall–Kier alpha value is -1.40. The summed E-state index contributed by atoms with van der Waals surface area (Å²) < 4.78 is 31.5. The summed E-state index contributed by atoms with van der Waals surface area (Å²) in [5, 5.41) is 0.